The van der Waals surface area contributed by atoms with Gasteiger partial charge >= 0.3 is 15.5 Å². The molecule has 0 radical (unpaired) electrons. The molecule has 0 saturated carbocycles. The van der Waals surface area contributed by atoms with Gasteiger partial charge in [0.15, 0.2) is 0 Å². The van der Waals surface area contributed by atoms with Crippen LogP contribution in [0.3, 0.4) is 0 Å². The summed E-state index contributed by atoms with van der Waals surface area (Å²) in [4.78, 5) is 0. The maximum atomic E-state index is 11.8. The lowest BCUT2D eigenvalue weighted by Crippen LogP contribution is -2.38. The molecule has 0 aliphatic carbocycles. The Labute approximate surface area is 80.2 Å². The van der Waals surface area contributed by atoms with Gasteiger partial charge in [-0.2, -0.15) is 13.2 Å². The molecule has 8 heteroatoms. The van der Waals surface area contributed by atoms with Crippen molar-refractivity contribution in [1.82, 2.24) is 4.72 Å². The van der Waals surface area contributed by atoms with Crippen molar-refractivity contribution >= 4 is 10.0 Å². The highest BCUT2D eigenvalue weighted by atomic mass is 32.2. The average molecular weight is 235 g/mol. The standard InChI is InChI=1S/C6H12F3NO3S/c1-5(2-3-11)4-10-14(12,13)6(7,8)9/h5,10-11H,2-4H2,1H3. The topological polar surface area (TPSA) is 66.4 Å². The third kappa shape index (κ3) is 4.25. The van der Waals surface area contributed by atoms with Crippen LogP contribution in [0.4, 0.5) is 13.2 Å². The zero-order chi connectivity index (χ0) is 11.4. The van der Waals surface area contributed by atoms with Crippen LogP contribution in [0.2, 0.25) is 0 Å². The number of rotatable bonds is 5. The second-order valence-electron chi connectivity index (χ2n) is 2.92. The highest BCUT2D eigenvalue weighted by Gasteiger charge is 2.45. The molecule has 0 bridgehead atoms. The second-order valence-corrected chi connectivity index (χ2v) is 4.67. The van der Waals surface area contributed by atoms with Gasteiger partial charge in [0.1, 0.15) is 0 Å². The van der Waals surface area contributed by atoms with E-state index in [1.54, 1.807) is 0 Å². The smallest absolute Gasteiger partial charge is 0.396 e. The molecule has 0 saturated heterocycles. The molecule has 0 fully saturated rings. The van der Waals surface area contributed by atoms with E-state index in [4.69, 9.17) is 5.11 Å². The van der Waals surface area contributed by atoms with E-state index in [0.717, 1.165) is 0 Å². The van der Waals surface area contributed by atoms with Crippen LogP contribution in [0, 0.1) is 5.92 Å². The first-order valence-electron chi connectivity index (χ1n) is 3.87. The molecule has 86 valence electrons. The zero-order valence-electron chi connectivity index (χ0n) is 7.50. The van der Waals surface area contributed by atoms with Crippen molar-refractivity contribution < 1.29 is 26.7 Å². The molecular weight excluding hydrogens is 223 g/mol. The van der Waals surface area contributed by atoms with Crippen molar-refractivity contribution in [3.8, 4) is 0 Å². The number of alkyl halides is 3. The molecule has 0 aliphatic heterocycles. The van der Waals surface area contributed by atoms with Gasteiger partial charge in [-0.15, -0.1) is 0 Å². The van der Waals surface area contributed by atoms with Crippen molar-refractivity contribution in [3.05, 3.63) is 0 Å². The van der Waals surface area contributed by atoms with E-state index in [1.807, 2.05) is 0 Å². The molecule has 0 aromatic heterocycles. The van der Waals surface area contributed by atoms with Crippen molar-refractivity contribution in [2.45, 2.75) is 18.9 Å². The van der Waals surface area contributed by atoms with E-state index in [-0.39, 0.29) is 25.5 Å². The summed E-state index contributed by atoms with van der Waals surface area (Å²) in [5, 5.41) is 8.43. The number of hydrogen-bond acceptors (Lipinski definition) is 3. The van der Waals surface area contributed by atoms with E-state index >= 15 is 0 Å². The summed E-state index contributed by atoms with van der Waals surface area (Å²) in [6, 6.07) is 0. The Kier molecular flexibility index (Phi) is 4.82. The third-order valence-electron chi connectivity index (χ3n) is 1.55. The summed E-state index contributed by atoms with van der Waals surface area (Å²) in [7, 11) is -5.24. The first kappa shape index (κ1) is 13.7. The third-order valence-corrected chi connectivity index (χ3v) is 2.70. The summed E-state index contributed by atoms with van der Waals surface area (Å²) in [5.41, 5.74) is -5.27. The molecule has 0 spiro atoms. The summed E-state index contributed by atoms with van der Waals surface area (Å²) >= 11 is 0. The Hall–Kier alpha value is -0.340. The lowest BCUT2D eigenvalue weighted by molar-refractivity contribution is -0.0448. The van der Waals surface area contributed by atoms with Gasteiger partial charge in [0, 0.05) is 13.2 Å². The fourth-order valence-corrected chi connectivity index (χ4v) is 1.32. The summed E-state index contributed by atoms with van der Waals surface area (Å²) < 4.78 is 57.7. The molecule has 0 aromatic carbocycles. The average Bonchev–Trinajstić information content (AvgIpc) is 1.99. The highest BCUT2D eigenvalue weighted by Crippen LogP contribution is 2.21. The lowest BCUT2D eigenvalue weighted by atomic mass is 10.1. The Morgan fingerprint density at radius 1 is 1.43 bits per heavy atom. The SMILES string of the molecule is CC(CCO)CNS(=O)(=O)C(F)(F)F. The number of aliphatic hydroxyl groups excluding tert-OH is 1. The minimum absolute atomic E-state index is 0.186. The molecule has 14 heavy (non-hydrogen) atoms. The first-order chi connectivity index (χ1) is 6.20. The molecule has 1 unspecified atom stereocenters. The minimum Gasteiger partial charge on any atom is -0.396 e. The summed E-state index contributed by atoms with van der Waals surface area (Å²) in [6.07, 6.45) is 0.250. The van der Waals surface area contributed by atoms with E-state index < -0.39 is 15.5 Å². The van der Waals surface area contributed by atoms with Gasteiger partial charge in [0.05, 0.1) is 0 Å². The van der Waals surface area contributed by atoms with Gasteiger partial charge in [-0.3, -0.25) is 0 Å². The summed E-state index contributed by atoms with van der Waals surface area (Å²) in [5.74, 6) is -0.336. The van der Waals surface area contributed by atoms with Gasteiger partial charge in [0.25, 0.3) is 0 Å². The Balaban J connectivity index is 4.14. The van der Waals surface area contributed by atoms with Crippen LogP contribution in [-0.4, -0.2) is 32.2 Å². The fraction of sp³-hybridized carbons (Fsp3) is 1.00. The first-order valence-corrected chi connectivity index (χ1v) is 5.36. The molecule has 0 aromatic rings. The van der Waals surface area contributed by atoms with Crippen LogP contribution in [0.25, 0.3) is 0 Å². The normalized spacial score (nSPS) is 15.5. The van der Waals surface area contributed by atoms with Crippen LogP contribution >= 0.6 is 0 Å². The molecule has 0 rings (SSSR count). The van der Waals surface area contributed by atoms with E-state index in [9.17, 15) is 21.6 Å². The van der Waals surface area contributed by atoms with Gasteiger partial charge in [-0.05, 0) is 12.3 Å². The largest absolute Gasteiger partial charge is 0.511 e. The molecule has 4 nitrogen and oxygen atoms in total. The van der Waals surface area contributed by atoms with Crippen LogP contribution in [0.15, 0.2) is 0 Å². The zero-order valence-corrected chi connectivity index (χ0v) is 8.32. The summed E-state index contributed by atoms with van der Waals surface area (Å²) in [6.45, 7) is 1.02. The number of sulfonamides is 1. The van der Waals surface area contributed by atoms with Gasteiger partial charge < -0.3 is 5.11 Å². The minimum atomic E-state index is -5.27. The molecule has 0 heterocycles. The molecule has 2 N–H and O–H groups in total. The van der Waals surface area contributed by atoms with Crippen molar-refractivity contribution in [2.24, 2.45) is 5.92 Å². The Morgan fingerprint density at radius 3 is 2.29 bits per heavy atom. The van der Waals surface area contributed by atoms with Crippen LogP contribution in [0.5, 0.6) is 0 Å². The van der Waals surface area contributed by atoms with Gasteiger partial charge in [-0.1, -0.05) is 6.92 Å². The predicted molar refractivity (Wildman–Crippen MR) is 43.8 cm³/mol. The van der Waals surface area contributed by atoms with Crippen molar-refractivity contribution in [2.75, 3.05) is 13.2 Å². The van der Waals surface area contributed by atoms with E-state index in [2.05, 4.69) is 0 Å². The van der Waals surface area contributed by atoms with Gasteiger partial charge in [-0.25, -0.2) is 13.1 Å². The van der Waals surface area contributed by atoms with E-state index in [0.29, 0.717) is 0 Å². The second kappa shape index (κ2) is 4.94. The molecule has 1 atom stereocenters. The fourth-order valence-electron chi connectivity index (χ4n) is 0.656. The van der Waals surface area contributed by atoms with Crippen molar-refractivity contribution in [3.63, 3.8) is 0 Å². The van der Waals surface area contributed by atoms with Gasteiger partial charge in [0.2, 0.25) is 0 Å². The monoisotopic (exact) mass is 235 g/mol. The Morgan fingerprint density at radius 2 is 1.93 bits per heavy atom. The van der Waals surface area contributed by atoms with Crippen molar-refractivity contribution in [1.29, 1.82) is 0 Å². The maximum absolute atomic E-state index is 11.8. The molecule has 0 aliphatic rings. The lowest BCUT2D eigenvalue weighted by Gasteiger charge is -2.12. The molecule has 0 amide bonds. The number of hydrogen-bond donors (Lipinski definition) is 2. The number of aliphatic hydroxyl groups is 1. The number of halogens is 3. The van der Waals surface area contributed by atoms with Crippen LogP contribution in [-0.2, 0) is 10.0 Å². The predicted octanol–water partition coefficient (Wildman–Crippen LogP) is 0.444. The number of nitrogens with one attached hydrogen (secondary N) is 1. The molecular formula is C6H12F3NO3S. The van der Waals surface area contributed by atoms with Crippen LogP contribution in [0.1, 0.15) is 13.3 Å². The maximum Gasteiger partial charge on any atom is 0.511 e. The highest BCUT2D eigenvalue weighted by molar-refractivity contribution is 7.90. The van der Waals surface area contributed by atoms with Crippen LogP contribution < -0.4 is 4.72 Å². The van der Waals surface area contributed by atoms with E-state index in [1.165, 1.54) is 11.6 Å². The quantitative estimate of drug-likeness (QED) is 0.726. The Bertz CT molecular complexity index is 262.